The van der Waals surface area contributed by atoms with Crippen LogP contribution in [0, 0.1) is 0 Å². The lowest BCUT2D eigenvalue weighted by molar-refractivity contribution is 0.659. The van der Waals surface area contributed by atoms with Crippen molar-refractivity contribution in [3.05, 3.63) is 36.5 Å². The van der Waals surface area contributed by atoms with E-state index in [2.05, 4.69) is 32.1 Å². The Hall–Kier alpha value is -2.14. The number of aromatic nitrogens is 4. The maximum absolute atomic E-state index is 5.84. The van der Waals surface area contributed by atoms with E-state index in [0.717, 1.165) is 41.0 Å². The predicted molar refractivity (Wildman–Crippen MR) is 73.6 cm³/mol. The first-order valence-electron chi connectivity index (χ1n) is 6.50. The lowest BCUT2D eigenvalue weighted by Gasteiger charge is -2.07. The fraction of sp³-hybridized carbons (Fsp3) is 0.286. The van der Waals surface area contributed by atoms with Crippen LogP contribution in [-0.2, 0) is 5.41 Å². The van der Waals surface area contributed by atoms with E-state index < -0.39 is 0 Å². The molecular weight excluding hydrogens is 238 g/mol. The predicted octanol–water partition coefficient (Wildman–Crippen LogP) is 1.94. The van der Waals surface area contributed by atoms with Gasteiger partial charge in [-0.05, 0) is 25.0 Å². The van der Waals surface area contributed by atoms with Crippen molar-refractivity contribution < 1.29 is 0 Å². The van der Waals surface area contributed by atoms with Crippen molar-refractivity contribution in [2.75, 3.05) is 6.54 Å². The second-order valence-corrected chi connectivity index (χ2v) is 5.26. The maximum atomic E-state index is 5.84. The summed E-state index contributed by atoms with van der Waals surface area (Å²) in [7, 11) is 0. The highest BCUT2D eigenvalue weighted by Gasteiger charge is 2.45. The summed E-state index contributed by atoms with van der Waals surface area (Å²) in [5.74, 6) is 1.02. The molecule has 0 unspecified atom stereocenters. The van der Waals surface area contributed by atoms with Crippen molar-refractivity contribution >= 4 is 11.0 Å². The largest absolute Gasteiger partial charge is 0.345 e. The van der Waals surface area contributed by atoms with Gasteiger partial charge in [-0.1, -0.05) is 6.07 Å². The molecule has 0 atom stereocenters. The monoisotopic (exact) mass is 253 g/mol. The van der Waals surface area contributed by atoms with E-state index in [1.807, 2.05) is 12.3 Å². The van der Waals surface area contributed by atoms with Gasteiger partial charge < -0.3 is 15.7 Å². The number of H-pyrrole nitrogens is 2. The van der Waals surface area contributed by atoms with Crippen LogP contribution in [0.25, 0.3) is 22.3 Å². The summed E-state index contributed by atoms with van der Waals surface area (Å²) in [5.41, 5.74) is 10.1. The average Bonchev–Trinajstić information content (AvgIpc) is 2.90. The van der Waals surface area contributed by atoms with E-state index >= 15 is 0 Å². The molecule has 19 heavy (non-hydrogen) atoms. The Morgan fingerprint density at radius 3 is 2.95 bits per heavy atom. The zero-order valence-electron chi connectivity index (χ0n) is 10.5. The Bertz CT molecular complexity index is 735. The second-order valence-electron chi connectivity index (χ2n) is 5.26. The number of hydrogen-bond acceptors (Lipinski definition) is 3. The summed E-state index contributed by atoms with van der Waals surface area (Å²) in [6.07, 6.45) is 5.87. The molecule has 1 saturated carbocycles. The third-order valence-electron chi connectivity index (χ3n) is 4.05. The van der Waals surface area contributed by atoms with Crippen LogP contribution in [0.5, 0.6) is 0 Å². The summed E-state index contributed by atoms with van der Waals surface area (Å²) in [6.45, 7) is 0.666. The van der Waals surface area contributed by atoms with Gasteiger partial charge in [0.15, 0.2) is 0 Å². The third-order valence-corrected chi connectivity index (χ3v) is 4.05. The Kier molecular flexibility index (Phi) is 2.08. The number of fused-ring (bicyclic) bond motifs is 1. The minimum Gasteiger partial charge on any atom is -0.345 e. The smallest absolute Gasteiger partial charge is 0.114 e. The van der Waals surface area contributed by atoms with Gasteiger partial charge in [0, 0.05) is 17.5 Å². The summed E-state index contributed by atoms with van der Waals surface area (Å²) in [6, 6.07) is 6.15. The van der Waals surface area contributed by atoms with Crippen LogP contribution in [0.2, 0.25) is 0 Å². The van der Waals surface area contributed by atoms with Gasteiger partial charge >= 0.3 is 0 Å². The molecule has 0 spiro atoms. The Balaban J connectivity index is 1.75. The molecule has 0 saturated heterocycles. The Morgan fingerprint density at radius 2 is 2.16 bits per heavy atom. The molecule has 0 amide bonds. The summed E-state index contributed by atoms with van der Waals surface area (Å²) in [5, 5.41) is 0. The summed E-state index contributed by atoms with van der Waals surface area (Å²) in [4.78, 5) is 15.3. The lowest BCUT2D eigenvalue weighted by atomic mass is 10.1. The topological polar surface area (TPSA) is 83.4 Å². The van der Waals surface area contributed by atoms with E-state index in [1.54, 1.807) is 6.33 Å². The molecule has 5 nitrogen and oxygen atoms in total. The van der Waals surface area contributed by atoms with Crippen molar-refractivity contribution in [3.8, 4) is 11.3 Å². The zero-order chi connectivity index (χ0) is 12.9. The van der Waals surface area contributed by atoms with Gasteiger partial charge in [0.25, 0.3) is 0 Å². The van der Waals surface area contributed by atoms with Gasteiger partial charge in [-0.3, -0.25) is 0 Å². The van der Waals surface area contributed by atoms with Gasteiger partial charge in [-0.25, -0.2) is 9.97 Å². The van der Waals surface area contributed by atoms with Gasteiger partial charge in [-0.15, -0.1) is 0 Å². The number of aromatic amines is 2. The third kappa shape index (κ3) is 1.58. The highest BCUT2D eigenvalue weighted by atomic mass is 15.0. The number of hydrogen-bond donors (Lipinski definition) is 3. The SMILES string of the molecule is NCC1(c2ncc(-c3ccc4nc[nH]c4c3)[nH]2)CC1. The van der Waals surface area contributed by atoms with Crippen LogP contribution in [0.3, 0.4) is 0 Å². The van der Waals surface area contributed by atoms with Crippen LogP contribution < -0.4 is 5.73 Å². The van der Waals surface area contributed by atoms with Crippen molar-refractivity contribution in [1.29, 1.82) is 0 Å². The number of nitrogens with one attached hydrogen (secondary N) is 2. The minimum absolute atomic E-state index is 0.107. The fourth-order valence-corrected chi connectivity index (χ4v) is 2.53. The molecule has 0 bridgehead atoms. The first-order valence-corrected chi connectivity index (χ1v) is 6.50. The molecule has 0 aliphatic heterocycles. The Labute approximate surface area is 110 Å². The first-order chi connectivity index (χ1) is 9.31. The molecule has 4 N–H and O–H groups in total. The number of nitrogens with zero attached hydrogens (tertiary/aromatic N) is 2. The van der Waals surface area contributed by atoms with Crippen molar-refractivity contribution in [3.63, 3.8) is 0 Å². The van der Waals surface area contributed by atoms with Gasteiger partial charge in [0.05, 0.1) is 29.3 Å². The highest BCUT2D eigenvalue weighted by molar-refractivity contribution is 5.80. The van der Waals surface area contributed by atoms with E-state index in [1.165, 1.54) is 0 Å². The highest BCUT2D eigenvalue weighted by Crippen LogP contribution is 2.46. The standard InChI is InChI=1S/C14H15N5/c15-7-14(3-4-14)13-16-6-12(19-13)9-1-2-10-11(5-9)18-8-17-10/h1-2,5-6,8H,3-4,7,15H2,(H,16,19)(H,17,18). The fourth-order valence-electron chi connectivity index (χ4n) is 2.53. The lowest BCUT2D eigenvalue weighted by Crippen LogP contribution is -2.21. The van der Waals surface area contributed by atoms with Crippen LogP contribution in [-0.4, -0.2) is 26.5 Å². The summed E-state index contributed by atoms with van der Waals surface area (Å²) < 4.78 is 0. The molecule has 1 aliphatic rings. The van der Waals surface area contributed by atoms with Crippen molar-refractivity contribution in [2.45, 2.75) is 18.3 Å². The Morgan fingerprint density at radius 1 is 1.26 bits per heavy atom. The van der Waals surface area contributed by atoms with Gasteiger partial charge in [-0.2, -0.15) is 0 Å². The number of imidazole rings is 2. The van der Waals surface area contributed by atoms with Crippen molar-refractivity contribution in [2.24, 2.45) is 5.73 Å². The average molecular weight is 253 g/mol. The molecule has 4 rings (SSSR count). The number of rotatable bonds is 3. The molecule has 96 valence electrons. The van der Waals surface area contributed by atoms with E-state index in [9.17, 15) is 0 Å². The zero-order valence-corrected chi connectivity index (χ0v) is 10.5. The quantitative estimate of drug-likeness (QED) is 0.667. The maximum Gasteiger partial charge on any atom is 0.114 e. The van der Waals surface area contributed by atoms with Crippen LogP contribution in [0.4, 0.5) is 0 Å². The minimum atomic E-state index is 0.107. The number of benzene rings is 1. The second kappa shape index (κ2) is 3.68. The number of nitrogens with two attached hydrogens (primary N) is 1. The van der Waals surface area contributed by atoms with Crippen LogP contribution in [0.1, 0.15) is 18.7 Å². The molecular formula is C14H15N5. The van der Waals surface area contributed by atoms with E-state index in [0.29, 0.717) is 6.54 Å². The van der Waals surface area contributed by atoms with Gasteiger partial charge in [0.1, 0.15) is 5.82 Å². The molecule has 1 fully saturated rings. The molecule has 5 heteroatoms. The molecule has 0 radical (unpaired) electrons. The molecule has 2 aromatic heterocycles. The molecule has 2 heterocycles. The molecule has 1 aliphatic carbocycles. The normalized spacial score (nSPS) is 16.9. The van der Waals surface area contributed by atoms with Crippen molar-refractivity contribution in [1.82, 2.24) is 19.9 Å². The van der Waals surface area contributed by atoms with E-state index in [4.69, 9.17) is 5.73 Å². The van der Waals surface area contributed by atoms with E-state index in [-0.39, 0.29) is 5.41 Å². The molecule has 3 aromatic rings. The van der Waals surface area contributed by atoms with Crippen LogP contribution >= 0.6 is 0 Å². The summed E-state index contributed by atoms with van der Waals surface area (Å²) >= 11 is 0. The first kappa shape index (κ1) is 10.8. The van der Waals surface area contributed by atoms with Gasteiger partial charge in [0.2, 0.25) is 0 Å². The van der Waals surface area contributed by atoms with Crippen LogP contribution in [0.15, 0.2) is 30.7 Å². The molecule has 1 aromatic carbocycles.